The van der Waals surface area contributed by atoms with Crippen molar-refractivity contribution in [1.29, 1.82) is 0 Å². The number of rotatable bonds is 5. The quantitative estimate of drug-likeness (QED) is 0.324. The maximum absolute atomic E-state index is 15.1. The molecule has 0 atom stereocenters. The Hall–Kier alpha value is -2.01. The van der Waals surface area contributed by atoms with Gasteiger partial charge in [-0.05, 0) is 57.2 Å². The Morgan fingerprint density at radius 1 is 0.844 bits per heavy atom. The van der Waals surface area contributed by atoms with Crippen molar-refractivity contribution in [1.82, 2.24) is 5.32 Å². The van der Waals surface area contributed by atoms with Gasteiger partial charge in [-0.1, -0.05) is 31.9 Å². The topological polar surface area (TPSA) is 55.4 Å². The molecule has 0 bridgehead atoms. The van der Waals surface area contributed by atoms with Crippen LogP contribution in [0.25, 0.3) is 0 Å². The minimum Gasteiger partial charge on any atom is -0.459 e. The number of benzene rings is 2. The highest BCUT2D eigenvalue weighted by atomic mass is 79.9. The van der Waals surface area contributed by atoms with E-state index in [9.17, 15) is 22.8 Å². The zero-order valence-electron chi connectivity index (χ0n) is 17.0. The molecule has 0 heterocycles. The van der Waals surface area contributed by atoms with Crippen LogP contribution < -0.4 is 5.32 Å². The Morgan fingerprint density at radius 3 is 1.88 bits per heavy atom. The molecule has 0 unspecified atom stereocenters. The van der Waals surface area contributed by atoms with Crippen LogP contribution in [0.15, 0.2) is 45.3 Å². The molecule has 0 aliphatic rings. The highest BCUT2D eigenvalue weighted by Gasteiger charge is 2.39. The molecule has 0 aliphatic heterocycles. The van der Waals surface area contributed by atoms with Crippen molar-refractivity contribution in [3.05, 3.63) is 67.6 Å². The van der Waals surface area contributed by atoms with E-state index in [1.54, 1.807) is 20.8 Å². The third kappa shape index (κ3) is 6.99. The van der Waals surface area contributed by atoms with Crippen LogP contribution in [0, 0.1) is 0 Å². The van der Waals surface area contributed by atoms with Crippen molar-refractivity contribution in [3.8, 4) is 0 Å². The molecule has 0 radical (unpaired) electrons. The highest BCUT2D eigenvalue weighted by molar-refractivity contribution is 9.10. The summed E-state index contributed by atoms with van der Waals surface area (Å²) in [4.78, 5) is 24.1. The molecule has 4 nitrogen and oxygen atoms in total. The monoisotopic (exact) mass is 585 g/mol. The van der Waals surface area contributed by atoms with Gasteiger partial charge in [-0.15, -0.1) is 0 Å². The van der Waals surface area contributed by atoms with Crippen molar-refractivity contribution in [2.75, 3.05) is 6.54 Å². The highest BCUT2D eigenvalue weighted by Crippen LogP contribution is 2.41. The Bertz CT molecular complexity index is 1030. The van der Waals surface area contributed by atoms with Crippen LogP contribution in [0.4, 0.5) is 22.0 Å². The van der Waals surface area contributed by atoms with E-state index in [-0.39, 0.29) is 14.5 Å². The summed E-state index contributed by atoms with van der Waals surface area (Å²) in [5.41, 5.74) is -3.85. The van der Waals surface area contributed by atoms with Gasteiger partial charge in [0.2, 0.25) is 0 Å². The first kappa shape index (κ1) is 26.2. The maximum atomic E-state index is 15.1. The predicted molar refractivity (Wildman–Crippen MR) is 114 cm³/mol. The largest absolute Gasteiger partial charge is 0.459 e. The molecule has 174 valence electrons. The lowest BCUT2D eigenvalue weighted by atomic mass is 9.97. The fourth-order valence-electron chi connectivity index (χ4n) is 2.64. The summed E-state index contributed by atoms with van der Waals surface area (Å²) < 4.78 is 74.5. The average molecular weight is 587 g/mol. The summed E-state index contributed by atoms with van der Waals surface area (Å²) in [5.74, 6) is -5.41. The van der Waals surface area contributed by atoms with Gasteiger partial charge in [0.05, 0.1) is 5.56 Å². The Labute approximate surface area is 197 Å². The van der Waals surface area contributed by atoms with Crippen LogP contribution in [0.1, 0.15) is 47.8 Å². The van der Waals surface area contributed by atoms with E-state index in [1.807, 2.05) is 0 Å². The van der Waals surface area contributed by atoms with Crippen LogP contribution in [-0.4, -0.2) is 24.0 Å². The standard InChI is InChI=1S/C21H18Br2F5NO3/c1-19(2,3)32-17(30)10-29-18(31)11-4-12(7-15(22)5-11)20(24,25)13-6-14(21(26,27)28)9-16(23)8-13/h4-9H,10H2,1-3H3,(H,29,31). The molecule has 2 aromatic carbocycles. The molecule has 32 heavy (non-hydrogen) atoms. The molecule has 11 heteroatoms. The van der Waals surface area contributed by atoms with Gasteiger partial charge >= 0.3 is 12.1 Å². The molecule has 1 N–H and O–H groups in total. The van der Waals surface area contributed by atoms with Crippen LogP contribution in [0.2, 0.25) is 0 Å². The van der Waals surface area contributed by atoms with Gasteiger partial charge in [-0.2, -0.15) is 22.0 Å². The second kappa shape index (κ2) is 9.46. The molecular weight excluding hydrogens is 569 g/mol. The van der Waals surface area contributed by atoms with Crippen molar-refractivity contribution in [2.24, 2.45) is 0 Å². The molecule has 2 rings (SSSR count). The van der Waals surface area contributed by atoms with Gasteiger partial charge in [0.1, 0.15) is 12.1 Å². The van der Waals surface area contributed by atoms with Crippen molar-refractivity contribution >= 4 is 43.7 Å². The van der Waals surface area contributed by atoms with Crippen LogP contribution >= 0.6 is 31.9 Å². The Balaban J connectivity index is 2.35. The SMILES string of the molecule is CC(C)(C)OC(=O)CNC(=O)c1cc(Br)cc(C(F)(F)c2cc(Br)cc(C(F)(F)F)c2)c1. The van der Waals surface area contributed by atoms with Crippen molar-refractivity contribution < 1.29 is 36.3 Å². The lowest BCUT2D eigenvalue weighted by Crippen LogP contribution is -2.34. The maximum Gasteiger partial charge on any atom is 0.416 e. The summed E-state index contributed by atoms with van der Waals surface area (Å²) in [6, 6.07) is 5.01. The molecule has 0 saturated heterocycles. The number of ether oxygens (including phenoxy) is 1. The number of halogens is 7. The molecule has 0 fully saturated rings. The number of alkyl halides is 5. The number of nitrogens with one attached hydrogen (secondary N) is 1. The first-order valence-electron chi connectivity index (χ1n) is 9.06. The summed E-state index contributed by atoms with van der Waals surface area (Å²) in [6.07, 6.45) is -4.82. The van der Waals surface area contributed by atoms with E-state index in [0.29, 0.717) is 12.1 Å². The number of carbonyl (C=O) groups is 2. The van der Waals surface area contributed by atoms with E-state index in [1.165, 1.54) is 6.07 Å². The zero-order chi connectivity index (χ0) is 24.5. The van der Waals surface area contributed by atoms with Gasteiger partial charge in [0.15, 0.2) is 0 Å². The lowest BCUT2D eigenvalue weighted by Gasteiger charge is -2.21. The first-order chi connectivity index (χ1) is 14.5. The van der Waals surface area contributed by atoms with E-state index in [4.69, 9.17) is 4.74 Å². The van der Waals surface area contributed by atoms with E-state index in [0.717, 1.165) is 18.2 Å². The molecule has 0 spiro atoms. The summed E-state index contributed by atoms with van der Waals surface area (Å²) in [5, 5.41) is 2.27. The third-order valence-corrected chi connectivity index (χ3v) is 4.84. The van der Waals surface area contributed by atoms with Crippen molar-refractivity contribution in [2.45, 2.75) is 38.5 Å². The van der Waals surface area contributed by atoms with E-state index in [2.05, 4.69) is 37.2 Å². The van der Waals surface area contributed by atoms with Gasteiger partial charge in [-0.3, -0.25) is 9.59 Å². The number of carbonyl (C=O) groups excluding carboxylic acids is 2. The molecule has 1 amide bonds. The predicted octanol–water partition coefficient (Wildman–Crippen LogP) is 6.44. The fraction of sp³-hybridized carbons (Fsp3) is 0.333. The first-order valence-corrected chi connectivity index (χ1v) is 10.6. The second-order valence-corrected chi connectivity index (χ2v) is 9.63. The summed E-state index contributed by atoms with van der Waals surface area (Å²) in [6.45, 7) is 4.43. The van der Waals surface area contributed by atoms with Crippen molar-refractivity contribution in [3.63, 3.8) is 0 Å². The summed E-state index contributed by atoms with van der Waals surface area (Å²) in [7, 11) is 0. The minimum absolute atomic E-state index is 0.100. The average Bonchev–Trinajstić information content (AvgIpc) is 2.63. The number of amides is 1. The zero-order valence-corrected chi connectivity index (χ0v) is 20.2. The minimum atomic E-state index is -4.82. The normalized spacial score (nSPS) is 12.4. The smallest absolute Gasteiger partial charge is 0.416 e. The number of esters is 1. The van der Waals surface area contributed by atoms with E-state index < -0.39 is 52.8 Å². The Kier molecular flexibility index (Phi) is 7.76. The number of hydrogen-bond acceptors (Lipinski definition) is 3. The second-order valence-electron chi connectivity index (χ2n) is 7.80. The Morgan fingerprint density at radius 2 is 1.34 bits per heavy atom. The molecule has 0 aliphatic carbocycles. The molecule has 0 aromatic heterocycles. The van der Waals surface area contributed by atoms with Gasteiger partial charge in [-0.25, -0.2) is 0 Å². The van der Waals surface area contributed by atoms with E-state index >= 15 is 8.78 Å². The fourth-order valence-corrected chi connectivity index (χ4v) is 3.62. The van der Waals surface area contributed by atoms with Gasteiger partial charge < -0.3 is 10.1 Å². The van der Waals surface area contributed by atoms with Gasteiger partial charge in [0, 0.05) is 25.6 Å². The number of hydrogen-bond donors (Lipinski definition) is 1. The van der Waals surface area contributed by atoms with Crippen LogP contribution in [0.5, 0.6) is 0 Å². The summed E-state index contributed by atoms with van der Waals surface area (Å²) >= 11 is 5.86. The molecule has 0 saturated carbocycles. The van der Waals surface area contributed by atoms with Crippen LogP contribution in [0.3, 0.4) is 0 Å². The molecule has 2 aromatic rings. The van der Waals surface area contributed by atoms with Crippen LogP contribution in [-0.2, 0) is 21.6 Å². The third-order valence-electron chi connectivity index (χ3n) is 3.92. The lowest BCUT2D eigenvalue weighted by molar-refractivity contribution is -0.153. The van der Waals surface area contributed by atoms with Gasteiger partial charge in [0.25, 0.3) is 11.8 Å². The molecular formula is C21H18Br2F5NO3.